The molecule has 0 bridgehead atoms. The van der Waals surface area contributed by atoms with Crippen LogP contribution in [-0.2, 0) is 11.3 Å². The van der Waals surface area contributed by atoms with Crippen LogP contribution >= 0.6 is 11.3 Å². The van der Waals surface area contributed by atoms with Gasteiger partial charge in [0.15, 0.2) is 0 Å². The molecule has 0 saturated heterocycles. The number of thiophene rings is 1. The molecule has 0 radical (unpaired) electrons. The van der Waals surface area contributed by atoms with Crippen molar-refractivity contribution in [2.24, 2.45) is 0 Å². The summed E-state index contributed by atoms with van der Waals surface area (Å²) in [6.07, 6.45) is 1.72. The molecule has 1 amide bonds. The number of hydrogen-bond donors (Lipinski definition) is 1. The Balaban J connectivity index is 1.62. The van der Waals surface area contributed by atoms with E-state index in [1.165, 1.54) is 22.2 Å². The van der Waals surface area contributed by atoms with Crippen molar-refractivity contribution < 1.29 is 4.79 Å². The number of aromatic nitrogens is 2. The third kappa shape index (κ3) is 3.46. The topological polar surface area (TPSA) is 67.2 Å². The molecule has 0 aliphatic carbocycles. The van der Waals surface area contributed by atoms with Crippen molar-refractivity contribution in [3.05, 3.63) is 52.4 Å². The van der Waals surface area contributed by atoms with Crippen LogP contribution in [0.1, 0.15) is 6.42 Å². The molecule has 124 valence electrons. The fourth-order valence-corrected chi connectivity index (χ4v) is 3.06. The van der Waals surface area contributed by atoms with Crippen LogP contribution < -0.4 is 15.8 Å². The quantitative estimate of drug-likeness (QED) is 0.774. The number of anilines is 2. The number of amides is 1. The van der Waals surface area contributed by atoms with Crippen molar-refractivity contribution in [2.45, 2.75) is 13.0 Å². The number of nitrogens with one attached hydrogen (secondary N) is 1. The van der Waals surface area contributed by atoms with Gasteiger partial charge in [-0.05, 0) is 35.7 Å². The Kier molecular flexibility index (Phi) is 4.61. The van der Waals surface area contributed by atoms with Crippen molar-refractivity contribution >= 4 is 38.8 Å². The molecule has 0 atom stereocenters. The van der Waals surface area contributed by atoms with Crippen LogP contribution in [0.3, 0.4) is 0 Å². The smallest absolute Gasteiger partial charge is 0.262 e. The summed E-state index contributed by atoms with van der Waals surface area (Å²) in [5.74, 6) is -0.134. The minimum absolute atomic E-state index is 0.107. The first kappa shape index (κ1) is 16.2. The lowest BCUT2D eigenvalue weighted by molar-refractivity contribution is -0.116. The van der Waals surface area contributed by atoms with Crippen molar-refractivity contribution in [1.29, 1.82) is 0 Å². The Morgan fingerprint density at radius 3 is 2.71 bits per heavy atom. The van der Waals surface area contributed by atoms with Crippen LogP contribution in [0.25, 0.3) is 10.2 Å². The second kappa shape index (κ2) is 6.84. The Morgan fingerprint density at radius 1 is 1.25 bits per heavy atom. The highest BCUT2D eigenvalue weighted by Crippen LogP contribution is 2.16. The Morgan fingerprint density at radius 2 is 2.00 bits per heavy atom. The zero-order valence-electron chi connectivity index (χ0n) is 13.5. The van der Waals surface area contributed by atoms with Crippen molar-refractivity contribution in [3.63, 3.8) is 0 Å². The van der Waals surface area contributed by atoms with Gasteiger partial charge in [-0.15, -0.1) is 11.3 Å². The van der Waals surface area contributed by atoms with Gasteiger partial charge in [0.2, 0.25) is 5.91 Å². The molecule has 7 heteroatoms. The first-order chi connectivity index (χ1) is 11.5. The van der Waals surface area contributed by atoms with Gasteiger partial charge < -0.3 is 10.2 Å². The zero-order valence-corrected chi connectivity index (χ0v) is 14.3. The van der Waals surface area contributed by atoms with E-state index < -0.39 is 0 Å². The van der Waals surface area contributed by atoms with Crippen LogP contribution in [0.4, 0.5) is 11.4 Å². The molecule has 1 N–H and O–H groups in total. The van der Waals surface area contributed by atoms with Gasteiger partial charge in [0, 0.05) is 38.4 Å². The Labute approximate surface area is 143 Å². The summed E-state index contributed by atoms with van der Waals surface area (Å²) in [7, 11) is 3.92. The molecule has 0 saturated carbocycles. The van der Waals surface area contributed by atoms with Crippen LogP contribution in [0.5, 0.6) is 0 Å². The summed E-state index contributed by atoms with van der Waals surface area (Å²) in [6, 6.07) is 9.36. The lowest BCUT2D eigenvalue weighted by Crippen LogP contribution is -2.23. The summed E-state index contributed by atoms with van der Waals surface area (Å²) in [6.45, 7) is 0.305. The third-order valence-corrected chi connectivity index (χ3v) is 4.52. The minimum atomic E-state index is -0.134. The molecular weight excluding hydrogens is 324 g/mol. The number of carbonyl (C=O) groups excluding carboxylic acids is 1. The van der Waals surface area contributed by atoms with Crippen molar-refractivity contribution in [3.8, 4) is 0 Å². The van der Waals surface area contributed by atoms with Crippen molar-refractivity contribution in [1.82, 2.24) is 9.55 Å². The van der Waals surface area contributed by atoms with Gasteiger partial charge in [0.05, 0.1) is 11.7 Å². The van der Waals surface area contributed by atoms with E-state index in [4.69, 9.17) is 0 Å². The molecule has 0 aliphatic rings. The van der Waals surface area contributed by atoms with E-state index >= 15 is 0 Å². The fraction of sp³-hybridized carbons (Fsp3) is 0.235. The maximum absolute atomic E-state index is 12.3. The molecule has 0 unspecified atom stereocenters. The van der Waals surface area contributed by atoms with Gasteiger partial charge in [-0.1, -0.05) is 0 Å². The van der Waals surface area contributed by atoms with Crippen LogP contribution in [0.15, 0.2) is 46.8 Å². The standard InChI is InChI=1S/C17H18N4O2S/c1-20(2)13-5-3-12(4-6-13)19-15(22)7-9-21-11-18-16-14(17(21)23)8-10-24-16/h3-6,8,10-11H,7,9H2,1-2H3,(H,19,22). The van der Waals surface area contributed by atoms with Gasteiger partial charge >= 0.3 is 0 Å². The highest BCUT2D eigenvalue weighted by atomic mass is 32.1. The molecule has 0 aliphatic heterocycles. The molecule has 0 spiro atoms. The number of benzene rings is 1. The van der Waals surface area contributed by atoms with Crippen LogP contribution in [0, 0.1) is 0 Å². The van der Waals surface area contributed by atoms with Gasteiger partial charge in [-0.2, -0.15) is 0 Å². The molecule has 3 aromatic rings. The average Bonchev–Trinajstić information content (AvgIpc) is 3.04. The van der Waals surface area contributed by atoms with E-state index in [0.29, 0.717) is 11.9 Å². The van der Waals surface area contributed by atoms with E-state index in [-0.39, 0.29) is 17.9 Å². The van der Waals surface area contributed by atoms with Gasteiger partial charge in [0.25, 0.3) is 5.56 Å². The second-order valence-electron chi connectivity index (χ2n) is 5.62. The first-order valence-electron chi connectivity index (χ1n) is 7.54. The van der Waals surface area contributed by atoms with E-state index in [1.807, 2.05) is 48.6 Å². The minimum Gasteiger partial charge on any atom is -0.378 e. The van der Waals surface area contributed by atoms with E-state index in [2.05, 4.69) is 10.3 Å². The summed E-state index contributed by atoms with van der Waals surface area (Å²) in [5.41, 5.74) is 1.70. The Hall–Kier alpha value is -2.67. The number of carbonyl (C=O) groups is 1. The van der Waals surface area contributed by atoms with Crippen LogP contribution in [-0.4, -0.2) is 29.6 Å². The summed E-state index contributed by atoms with van der Waals surface area (Å²) in [5, 5.41) is 5.28. The number of aryl methyl sites for hydroxylation is 1. The maximum atomic E-state index is 12.3. The lowest BCUT2D eigenvalue weighted by Gasteiger charge is -2.13. The SMILES string of the molecule is CN(C)c1ccc(NC(=O)CCn2cnc3sccc3c2=O)cc1. The second-order valence-corrected chi connectivity index (χ2v) is 6.52. The molecule has 3 rings (SSSR count). The highest BCUT2D eigenvalue weighted by molar-refractivity contribution is 7.16. The molecule has 1 aromatic carbocycles. The van der Waals surface area contributed by atoms with Gasteiger partial charge in [-0.3, -0.25) is 14.2 Å². The van der Waals surface area contributed by atoms with E-state index in [9.17, 15) is 9.59 Å². The average molecular weight is 342 g/mol. The summed E-state index contributed by atoms with van der Waals surface area (Å²) in [4.78, 5) is 31.3. The first-order valence-corrected chi connectivity index (χ1v) is 8.42. The van der Waals surface area contributed by atoms with E-state index in [1.54, 1.807) is 6.07 Å². The predicted molar refractivity (Wildman–Crippen MR) is 97.9 cm³/mol. The monoisotopic (exact) mass is 342 g/mol. The summed E-state index contributed by atoms with van der Waals surface area (Å²) < 4.78 is 1.48. The number of nitrogens with zero attached hydrogens (tertiary/aromatic N) is 3. The zero-order chi connectivity index (χ0) is 17.1. The molecular formula is C17H18N4O2S. The predicted octanol–water partition coefficient (Wildman–Crippen LogP) is 2.55. The third-order valence-electron chi connectivity index (χ3n) is 3.70. The molecule has 24 heavy (non-hydrogen) atoms. The van der Waals surface area contributed by atoms with Crippen LogP contribution in [0.2, 0.25) is 0 Å². The number of fused-ring (bicyclic) bond motifs is 1. The highest BCUT2D eigenvalue weighted by Gasteiger charge is 2.08. The molecule has 6 nitrogen and oxygen atoms in total. The van der Waals surface area contributed by atoms with Crippen molar-refractivity contribution in [2.75, 3.05) is 24.3 Å². The fourth-order valence-electron chi connectivity index (χ4n) is 2.34. The molecule has 2 aromatic heterocycles. The van der Waals surface area contributed by atoms with Gasteiger partial charge in [0.1, 0.15) is 4.83 Å². The Bertz CT molecular complexity index is 912. The molecule has 2 heterocycles. The number of hydrogen-bond acceptors (Lipinski definition) is 5. The molecule has 0 fully saturated rings. The maximum Gasteiger partial charge on any atom is 0.262 e. The van der Waals surface area contributed by atoms with E-state index in [0.717, 1.165) is 16.2 Å². The van der Waals surface area contributed by atoms with Gasteiger partial charge in [-0.25, -0.2) is 4.98 Å². The normalized spacial score (nSPS) is 10.8. The number of rotatable bonds is 5. The summed E-state index contributed by atoms with van der Waals surface area (Å²) >= 11 is 1.43. The lowest BCUT2D eigenvalue weighted by atomic mass is 10.2. The largest absolute Gasteiger partial charge is 0.378 e.